The molecule has 2 heteroatoms. The lowest BCUT2D eigenvalue weighted by atomic mass is 10.0. The van der Waals surface area contributed by atoms with Gasteiger partial charge in [0.25, 0.3) is 0 Å². The van der Waals surface area contributed by atoms with Crippen LogP contribution in [0.2, 0.25) is 0 Å². The fraction of sp³-hybridized carbons (Fsp3) is 0.500. The molecule has 1 N–H and O–H groups in total. The standard InChI is InChI=1S/C12H18N2/c1-13-14-9-5-8-12(14)10-11-6-3-2-4-7-11/h2-4,6-7,12-13H,5,8-10H2,1H3/t12-/m1/s1. The Labute approximate surface area is 85.9 Å². The van der Waals surface area contributed by atoms with Crippen LogP contribution in [0.4, 0.5) is 0 Å². The maximum atomic E-state index is 3.27. The average molecular weight is 190 g/mol. The molecule has 1 saturated heterocycles. The fourth-order valence-corrected chi connectivity index (χ4v) is 2.23. The summed E-state index contributed by atoms with van der Waals surface area (Å²) in [5.74, 6) is 0. The summed E-state index contributed by atoms with van der Waals surface area (Å²) >= 11 is 0. The van der Waals surface area contributed by atoms with Gasteiger partial charge in [-0.1, -0.05) is 30.3 Å². The van der Waals surface area contributed by atoms with E-state index in [1.54, 1.807) is 0 Å². The average Bonchev–Trinajstić information content (AvgIpc) is 2.67. The molecule has 1 aromatic carbocycles. The molecular weight excluding hydrogens is 172 g/mol. The maximum Gasteiger partial charge on any atom is 0.0284 e. The number of rotatable bonds is 3. The number of nitrogens with zero attached hydrogens (tertiary/aromatic N) is 1. The summed E-state index contributed by atoms with van der Waals surface area (Å²) in [4.78, 5) is 0. The summed E-state index contributed by atoms with van der Waals surface area (Å²) < 4.78 is 0. The highest BCUT2D eigenvalue weighted by Crippen LogP contribution is 2.18. The summed E-state index contributed by atoms with van der Waals surface area (Å²) in [6, 6.07) is 11.4. The maximum absolute atomic E-state index is 3.27. The lowest BCUT2D eigenvalue weighted by Gasteiger charge is -2.23. The lowest BCUT2D eigenvalue weighted by molar-refractivity contribution is 0.188. The van der Waals surface area contributed by atoms with Crippen molar-refractivity contribution in [1.82, 2.24) is 10.4 Å². The molecule has 0 unspecified atom stereocenters. The van der Waals surface area contributed by atoms with Gasteiger partial charge in [-0.25, -0.2) is 5.01 Å². The highest BCUT2D eigenvalue weighted by molar-refractivity contribution is 5.16. The van der Waals surface area contributed by atoms with E-state index >= 15 is 0 Å². The van der Waals surface area contributed by atoms with Crippen LogP contribution in [0.25, 0.3) is 0 Å². The van der Waals surface area contributed by atoms with Crippen molar-refractivity contribution in [2.45, 2.75) is 25.3 Å². The third-order valence-corrected chi connectivity index (χ3v) is 2.98. The van der Waals surface area contributed by atoms with E-state index in [0.29, 0.717) is 6.04 Å². The molecule has 0 aromatic heterocycles. The van der Waals surface area contributed by atoms with E-state index in [1.807, 2.05) is 7.05 Å². The van der Waals surface area contributed by atoms with Crippen molar-refractivity contribution < 1.29 is 0 Å². The second-order valence-corrected chi connectivity index (χ2v) is 3.90. The van der Waals surface area contributed by atoms with Gasteiger partial charge >= 0.3 is 0 Å². The minimum Gasteiger partial charge on any atom is -0.258 e. The molecule has 1 atom stereocenters. The molecule has 0 bridgehead atoms. The molecule has 1 aliphatic heterocycles. The largest absolute Gasteiger partial charge is 0.258 e. The fourth-order valence-electron chi connectivity index (χ4n) is 2.23. The topological polar surface area (TPSA) is 15.3 Å². The number of hydrogen-bond acceptors (Lipinski definition) is 2. The Bertz CT molecular complexity index is 271. The zero-order valence-electron chi connectivity index (χ0n) is 8.74. The van der Waals surface area contributed by atoms with Gasteiger partial charge in [0.15, 0.2) is 0 Å². The molecule has 0 spiro atoms. The first-order chi connectivity index (χ1) is 6.90. The Morgan fingerprint density at radius 3 is 2.86 bits per heavy atom. The zero-order valence-corrected chi connectivity index (χ0v) is 8.74. The van der Waals surface area contributed by atoms with Crippen molar-refractivity contribution in [3.05, 3.63) is 35.9 Å². The normalized spacial score (nSPS) is 22.8. The van der Waals surface area contributed by atoms with E-state index in [0.717, 1.165) is 0 Å². The smallest absolute Gasteiger partial charge is 0.0284 e. The minimum atomic E-state index is 0.683. The molecule has 1 fully saturated rings. The molecular formula is C12H18N2. The summed E-state index contributed by atoms with van der Waals surface area (Å²) in [5, 5.41) is 2.35. The Kier molecular flexibility index (Phi) is 3.17. The molecule has 76 valence electrons. The van der Waals surface area contributed by atoms with Gasteiger partial charge in [-0.2, -0.15) is 0 Å². The van der Waals surface area contributed by atoms with Crippen molar-refractivity contribution in [3.63, 3.8) is 0 Å². The third-order valence-electron chi connectivity index (χ3n) is 2.98. The van der Waals surface area contributed by atoms with Crippen molar-refractivity contribution in [2.75, 3.05) is 13.6 Å². The van der Waals surface area contributed by atoms with Gasteiger partial charge in [0.1, 0.15) is 0 Å². The van der Waals surface area contributed by atoms with Gasteiger partial charge in [-0.3, -0.25) is 5.43 Å². The van der Waals surface area contributed by atoms with Gasteiger partial charge in [0.2, 0.25) is 0 Å². The first-order valence-corrected chi connectivity index (χ1v) is 5.38. The van der Waals surface area contributed by atoms with Gasteiger partial charge in [0.05, 0.1) is 0 Å². The van der Waals surface area contributed by atoms with Gasteiger partial charge in [-0.15, -0.1) is 0 Å². The predicted molar refractivity (Wildman–Crippen MR) is 58.9 cm³/mol. The summed E-state index contributed by atoms with van der Waals surface area (Å²) in [6.07, 6.45) is 3.80. The highest BCUT2D eigenvalue weighted by atomic mass is 15.5. The Morgan fingerprint density at radius 2 is 2.14 bits per heavy atom. The number of hydrogen-bond donors (Lipinski definition) is 1. The van der Waals surface area contributed by atoms with Crippen LogP contribution in [0.1, 0.15) is 18.4 Å². The second-order valence-electron chi connectivity index (χ2n) is 3.90. The third kappa shape index (κ3) is 2.14. The highest BCUT2D eigenvalue weighted by Gasteiger charge is 2.22. The quantitative estimate of drug-likeness (QED) is 0.782. The Hall–Kier alpha value is -0.860. The van der Waals surface area contributed by atoms with Gasteiger partial charge < -0.3 is 0 Å². The van der Waals surface area contributed by atoms with Crippen LogP contribution in [0, 0.1) is 0 Å². The second kappa shape index (κ2) is 4.58. The van der Waals surface area contributed by atoms with Crippen molar-refractivity contribution in [3.8, 4) is 0 Å². The Morgan fingerprint density at radius 1 is 1.36 bits per heavy atom. The molecule has 0 radical (unpaired) electrons. The summed E-state index contributed by atoms with van der Waals surface area (Å²) in [5.41, 5.74) is 4.71. The van der Waals surface area contributed by atoms with Crippen molar-refractivity contribution >= 4 is 0 Å². The first kappa shape index (κ1) is 9.69. The summed E-state index contributed by atoms with van der Waals surface area (Å²) in [7, 11) is 2.02. The van der Waals surface area contributed by atoms with E-state index < -0.39 is 0 Å². The molecule has 0 saturated carbocycles. The first-order valence-electron chi connectivity index (χ1n) is 5.38. The van der Waals surface area contributed by atoms with Crippen LogP contribution in [-0.2, 0) is 6.42 Å². The van der Waals surface area contributed by atoms with Gasteiger partial charge in [-0.05, 0) is 31.9 Å². The van der Waals surface area contributed by atoms with E-state index in [2.05, 4.69) is 40.8 Å². The van der Waals surface area contributed by atoms with Gasteiger partial charge in [0, 0.05) is 12.6 Å². The number of hydrazine groups is 1. The predicted octanol–water partition coefficient (Wildman–Crippen LogP) is 1.83. The van der Waals surface area contributed by atoms with Crippen LogP contribution in [0.3, 0.4) is 0 Å². The van der Waals surface area contributed by atoms with Crippen LogP contribution in [0.5, 0.6) is 0 Å². The number of benzene rings is 1. The van der Waals surface area contributed by atoms with Crippen molar-refractivity contribution in [2.24, 2.45) is 0 Å². The van der Waals surface area contributed by atoms with E-state index in [1.165, 1.54) is 31.4 Å². The number of nitrogens with one attached hydrogen (secondary N) is 1. The Balaban J connectivity index is 1.97. The van der Waals surface area contributed by atoms with Crippen LogP contribution in [-0.4, -0.2) is 24.6 Å². The zero-order chi connectivity index (χ0) is 9.80. The van der Waals surface area contributed by atoms with Crippen molar-refractivity contribution in [1.29, 1.82) is 0 Å². The van der Waals surface area contributed by atoms with Crippen LogP contribution in [0.15, 0.2) is 30.3 Å². The molecule has 0 amide bonds. The summed E-state index contributed by atoms with van der Waals surface area (Å²) in [6.45, 7) is 1.19. The lowest BCUT2D eigenvalue weighted by Crippen LogP contribution is -2.40. The van der Waals surface area contributed by atoms with E-state index in [4.69, 9.17) is 0 Å². The SMILES string of the molecule is CNN1CCC[C@@H]1Cc1ccccc1. The van der Waals surface area contributed by atoms with Crippen LogP contribution >= 0.6 is 0 Å². The van der Waals surface area contributed by atoms with E-state index in [-0.39, 0.29) is 0 Å². The molecule has 1 aromatic rings. The monoisotopic (exact) mass is 190 g/mol. The van der Waals surface area contributed by atoms with Crippen LogP contribution < -0.4 is 5.43 Å². The van der Waals surface area contributed by atoms with E-state index in [9.17, 15) is 0 Å². The molecule has 1 aliphatic rings. The molecule has 2 rings (SSSR count). The molecule has 1 heterocycles. The minimum absolute atomic E-state index is 0.683. The molecule has 2 nitrogen and oxygen atoms in total. The molecule has 14 heavy (non-hydrogen) atoms. The molecule has 0 aliphatic carbocycles.